The molecule has 1 rings (SSSR count). The highest BCUT2D eigenvalue weighted by atomic mass is 16.5. The van der Waals surface area contributed by atoms with E-state index >= 15 is 0 Å². The molecule has 0 aromatic heterocycles. The van der Waals surface area contributed by atoms with Crippen molar-refractivity contribution in [1.82, 2.24) is 10.6 Å². The fourth-order valence-corrected chi connectivity index (χ4v) is 1.63. The zero-order valence-corrected chi connectivity index (χ0v) is 9.41. The van der Waals surface area contributed by atoms with Crippen molar-refractivity contribution in [3.8, 4) is 0 Å². The van der Waals surface area contributed by atoms with Gasteiger partial charge in [0, 0.05) is 33.2 Å². The summed E-state index contributed by atoms with van der Waals surface area (Å²) in [6.45, 7) is 4.63. The monoisotopic (exact) mass is 216 g/mol. The van der Waals surface area contributed by atoms with Gasteiger partial charge in [-0.1, -0.05) is 0 Å². The molecule has 1 fully saturated rings. The highest BCUT2D eigenvalue weighted by Gasteiger charge is 2.27. The van der Waals surface area contributed by atoms with E-state index in [1.165, 1.54) is 0 Å². The Morgan fingerprint density at radius 2 is 2.33 bits per heavy atom. The van der Waals surface area contributed by atoms with Crippen molar-refractivity contribution >= 4 is 5.91 Å². The van der Waals surface area contributed by atoms with E-state index in [4.69, 9.17) is 9.47 Å². The predicted molar refractivity (Wildman–Crippen MR) is 56.7 cm³/mol. The van der Waals surface area contributed by atoms with Crippen LogP contribution in [0.5, 0.6) is 0 Å². The highest BCUT2D eigenvalue weighted by Crippen LogP contribution is 2.03. The van der Waals surface area contributed by atoms with Crippen LogP contribution in [0.15, 0.2) is 0 Å². The molecule has 0 aromatic carbocycles. The van der Waals surface area contributed by atoms with E-state index in [0.29, 0.717) is 19.6 Å². The molecule has 2 N–H and O–H groups in total. The Morgan fingerprint density at radius 3 is 3.00 bits per heavy atom. The minimum absolute atomic E-state index is 0.0270. The minimum Gasteiger partial charge on any atom is -0.381 e. The minimum atomic E-state index is 0.0270. The van der Waals surface area contributed by atoms with Gasteiger partial charge in [-0.05, 0) is 6.92 Å². The third kappa shape index (κ3) is 4.15. The average molecular weight is 216 g/mol. The molecule has 0 aromatic rings. The largest absolute Gasteiger partial charge is 0.381 e. The van der Waals surface area contributed by atoms with Gasteiger partial charge in [0.2, 0.25) is 5.91 Å². The molecule has 1 unspecified atom stereocenters. The van der Waals surface area contributed by atoms with Gasteiger partial charge < -0.3 is 20.1 Å². The molecule has 0 radical (unpaired) electrons. The van der Waals surface area contributed by atoms with Gasteiger partial charge in [-0.2, -0.15) is 0 Å². The van der Waals surface area contributed by atoms with Crippen molar-refractivity contribution in [2.45, 2.75) is 25.5 Å². The van der Waals surface area contributed by atoms with Gasteiger partial charge in [0.1, 0.15) is 0 Å². The molecule has 5 heteroatoms. The van der Waals surface area contributed by atoms with Gasteiger partial charge in [-0.25, -0.2) is 0 Å². The molecule has 88 valence electrons. The fourth-order valence-electron chi connectivity index (χ4n) is 1.63. The van der Waals surface area contributed by atoms with Crippen molar-refractivity contribution in [2.75, 3.05) is 33.4 Å². The standard InChI is InChI=1S/C10H20N2O3/c1-3-15-5-4-10(13)12-8-6-11-7-9(8)14-2/h8-9,11H,3-7H2,1-2H3,(H,12,13)/t8?,9-/m0/s1. The molecule has 5 nitrogen and oxygen atoms in total. The Labute approximate surface area is 90.5 Å². The van der Waals surface area contributed by atoms with E-state index in [9.17, 15) is 4.79 Å². The number of amides is 1. The molecule has 0 bridgehead atoms. The number of carbonyl (C=O) groups excluding carboxylic acids is 1. The van der Waals surface area contributed by atoms with Crippen molar-refractivity contribution in [3.63, 3.8) is 0 Å². The number of rotatable bonds is 6. The van der Waals surface area contributed by atoms with Crippen LogP contribution in [0.1, 0.15) is 13.3 Å². The maximum absolute atomic E-state index is 11.5. The summed E-state index contributed by atoms with van der Waals surface area (Å²) in [6, 6.07) is 0.0872. The van der Waals surface area contributed by atoms with Crippen molar-refractivity contribution in [3.05, 3.63) is 0 Å². The van der Waals surface area contributed by atoms with Crippen molar-refractivity contribution < 1.29 is 14.3 Å². The third-order valence-electron chi connectivity index (χ3n) is 2.49. The molecule has 1 amide bonds. The second kappa shape index (κ2) is 6.76. The fraction of sp³-hybridized carbons (Fsp3) is 0.900. The SMILES string of the molecule is CCOCCC(=O)NC1CNC[C@@H]1OC. The number of carbonyl (C=O) groups is 1. The Bertz CT molecular complexity index is 199. The van der Waals surface area contributed by atoms with Crippen molar-refractivity contribution in [1.29, 1.82) is 0 Å². The van der Waals surface area contributed by atoms with Crippen LogP contribution < -0.4 is 10.6 Å². The number of hydrogen-bond donors (Lipinski definition) is 2. The Balaban J connectivity index is 2.19. The molecule has 0 aliphatic carbocycles. The lowest BCUT2D eigenvalue weighted by atomic mass is 10.2. The summed E-state index contributed by atoms with van der Waals surface area (Å²) in [5, 5.41) is 6.11. The molecular weight excluding hydrogens is 196 g/mol. The smallest absolute Gasteiger partial charge is 0.222 e. The first-order valence-electron chi connectivity index (χ1n) is 5.38. The molecule has 2 atom stereocenters. The first-order valence-corrected chi connectivity index (χ1v) is 5.38. The highest BCUT2D eigenvalue weighted by molar-refractivity contribution is 5.76. The summed E-state index contributed by atoms with van der Waals surface area (Å²) in [7, 11) is 1.66. The second-order valence-corrected chi connectivity index (χ2v) is 3.55. The Morgan fingerprint density at radius 1 is 1.53 bits per heavy atom. The number of ether oxygens (including phenoxy) is 2. The van der Waals surface area contributed by atoms with E-state index < -0.39 is 0 Å². The number of hydrogen-bond acceptors (Lipinski definition) is 4. The maximum atomic E-state index is 11.5. The molecule has 1 saturated heterocycles. The molecule has 1 heterocycles. The first-order chi connectivity index (χ1) is 7.27. The van der Waals surface area contributed by atoms with Crippen LogP contribution in [0.3, 0.4) is 0 Å². The van der Waals surface area contributed by atoms with Crippen LogP contribution >= 0.6 is 0 Å². The van der Waals surface area contributed by atoms with Crippen LogP contribution in [-0.2, 0) is 14.3 Å². The summed E-state index contributed by atoms with van der Waals surface area (Å²) in [4.78, 5) is 11.5. The zero-order chi connectivity index (χ0) is 11.1. The lowest BCUT2D eigenvalue weighted by Gasteiger charge is -2.18. The number of methoxy groups -OCH3 is 1. The van der Waals surface area contributed by atoms with Crippen LogP contribution in [0, 0.1) is 0 Å². The topological polar surface area (TPSA) is 59.6 Å². The normalized spacial score (nSPS) is 25.5. The van der Waals surface area contributed by atoms with Crippen LogP contribution in [0.25, 0.3) is 0 Å². The lowest BCUT2D eigenvalue weighted by molar-refractivity contribution is -0.123. The van der Waals surface area contributed by atoms with Crippen LogP contribution in [-0.4, -0.2) is 51.5 Å². The predicted octanol–water partition coefficient (Wildman–Crippen LogP) is -0.484. The lowest BCUT2D eigenvalue weighted by Crippen LogP contribution is -2.43. The van der Waals surface area contributed by atoms with E-state index in [2.05, 4.69) is 10.6 Å². The van der Waals surface area contributed by atoms with Crippen LogP contribution in [0.2, 0.25) is 0 Å². The summed E-state index contributed by atoms with van der Waals surface area (Å²) in [5.74, 6) is 0.0270. The molecule has 15 heavy (non-hydrogen) atoms. The molecule has 1 aliphatic rings. The third-order valence-corrected chi connectivity index (χ3v) is 2.49. The molecule has 0 saturated carbocycles. The van der Waals surface area contributed by atoms with Crippen LogP contribution in [0.4, 0.5) is 0 Å². The quantitative estimate of drug-likeness (QED) is 0.589. The van der Waals surface area contributed by atoms with Gasteiger partial charge in [0.05, 0.1) is 18.8 Å². The Hall–Kier alpha value is -0.650. The second-order valence-electron chi connectivity index (χ2n) is 3.55. The first kappa shape index (κ1) is 12.4. The number of nitrogens with one attached hydrogen (secondary N) is 2. The molecule has 0 spiro atoms. The summed E-state index contributed by atoms with van der Waals surface area (Å²) < 4.78 is 10.4. The van der Waals surface area contributed by atoms with Crippen molar-refractivity contribution in [2.24, 2.45) is 0 Å². The van der Waals surface area contributed by atoms with E-state index in [1.807, 2.05) is 6.92 Å². The van der Waals surface area contributed by atoms with Gasteiger partial charge in [-0.3, -0.25) is 4.79 Å². The summed E-state index contributed by atoms with van der Waals surface area (Å²) in [6.07, 6.45) is 0.502. The van der Waals surface area contributed by atoms with Gasteiger partial charge >= 0.3 is 0 Å². The van der Waals surface area contributed by atoms with Gasteiger partial charge in [-0.15, -0.1) is 0 Å². The zero-order valence-electron chi connectivity index (χ0n) is 9.41. The van der Waals surface area contributed by atoms with E-state index in [-0.39, 0.29) is 18.1 Å². The molecular formula is C10H20N2O3. The summed E-state index contributed by atoms with van der Waals surface area (Å²) >= 11 is 0. The van der Waals surface area contributed by atoms with E-state index in [1.54, 1.807) is 7.11 Å². The van der Waals surface area contributed by atoms with Gasteiger partial charge in [0.25, 0.3) is 0 Å². The molecule has 1 aliphatic heterocycles. The summed E-state index contributed by atoms with van der Waals surface area (Å²) in [5.41, 5.74) is 0. The van der Waals surface area contributed by atoms with Gasteiger partial charge in [0.15, 0.2) is 0 Å². The maximum Gasteiger partial charge on any atom is 0.222 e. The Kier molecular flexibility index (Phi) is 5.60. The van der Waals surface area contributed by atoms with E-state index in [0.717, 1.165) is 13.1 Å². The average Bonchev–Trinajstić information content (AvgIpc) is 2.65.